The van der Waals surface area contributed by atoms with Crippen molar-refractivity contribution < 1.29 is 14.3 Å². The van der Waals surface area contributed by atoms with E-state index in [0.717, 1.165) is 13.1 Å². The van der Waals surface area contributed by atoms with Crippen LogP contribution in [0.5, 0.6) is 11.5 Å². The van der Waals surface area contributed by atoms with Crippen LogP contribution in [-0.4, -0.2) is 42.7 Å². The number of carbonyl (C=O) groups excluding carboxylic acids is 1. The Kier molecular flexibility index (Phi) is 4.81. The number of benzene rings is 1. The second-order valence-corrected chi connectivity index (χ2v) is 7.71. The van der Waals surface area contributed by atoms with E-state index >= 15 is 0 Å². The molecule has 1 aromatic carbocycles. The van der Waals surface area contributed by atoms with E-state index in [-0.39, 0.29) is 18.0 Å². The number of rotatable bonds is 4. The second-order valence-electron chi connectivity index (χ2n) is 7.71. The number of ether oxygens (including phenoxy) is 2. The van der Waals surface area contributed by atoms with Crippen LogP contribution < -0.4 is 15.0 Å². The molecule has 6 nitrogen and oxygen atoms in total. The van der Waals surface area contributed by atoms with Crippen molar-refractivity contribution >= 4 is 16.7 Å². The minimum atomic E-state index is -0.181. The standard InChI is InChI=1S/C21H26N2O4/c1-26-18-7-6-17-16(20(18)27-2)8-9-22(21(17)25)13-19(24)23-11-14-4-3-5-15(10-14)12-23/h6-9,14-15H,3-5,10-13H2,1-2H3. The molecule has 1 amide bonds. The minimum absolute atomic E-state index is 0.0357. The van der Waals surface area contributed by atoms with Crippen LogP contribution in [0.25, 0.3) is 10.8 Å². The molecular weight excluding hydrogens is 344 g/mol. The molecule has 2 aromatic rings. The van der Waals surface area contributed by atoms with E-state index in [9.17, 15) is 9.59 Å². The summed E-state index contributed by atoms with van der Waals surface area (Å²) in [4.78, 5) is 27.7. The molecule has 2 atom stereocenters. The Hall–Kier alpha value is -2.50. The van der Waals surface area contributed by atoms with E-state index in [1.165, 1.54) is 30.3 Å². The van der Waals surface area contributed by atoms with Crippen LogP contribution in [0.4, 0.5) is 0 Å². The molecule has 1 aliphatic carbocycles. The summed E-state index contributed by atoms with van der Waals surface area (Å²) in [6, 6.07) is 5.27. The molecule has 1 aliphatic heterocycles. The van der Waals surface area contributed by atoms with Gasteiger partial charge in [-0.3, -0.25) is 9.59 Å². The third-order valence-electron chi connectivity index (χ3n) is 6.00. The number of piperidine rings is 1. The van der Waals surface area contributed by atoms with E-state index in [4.69, 9.17) is 9.47 Å². The first-order chi connectivity index (χ1) is 13.1. The minimum Gasteiger partial charge on any atom is -0.493 e. The molecule has 4 rings (SSSR count). The van der Waals surface area contributed by atoms with Crippen molar-refractivity contribution in [3.05, 3.63) is 34.7 Å². The van der Waals surface area contributed by atoms with Gasteiger partial charge in [0.15, 0.2) is 11.5 Å². The van der Waals surface area contributed by atoms with Gasteiger partial charge in [0.05, 0.1) is 19.6 Å². The molecule has 27 heavy (non-hydrogen) atoms. The summed E-state index contributed by atoms with van der Waals surface area (Å²) in [5.74, 6) is 2.42. The van der Waals surface area contributed by atoms with Crippen molar-refractivity contribution in [2.24, 2.45) is 11.8 Å². The molecule has 2 bridgehead atoms. The van der Waals surface area contributed by atoms with Gasteiger partial charge in [-0.25, -0.2) is 0 Å². The summed E-state index contributed by atoms with van der Waals surface area (Å²) >= 11 is 0. The van der Waals surface area contributed by atoms with Gasteiger partial charge in [0.2, 0.25) is 5.91 Å². The van der Waals surface area contributed by atoms with Crippen molar-refractivity contribution in [3.63, 3.8) is 0 Å². The Balaban J connectivity index is 1.60. The van der Waals surface area contributed by atoms with Crippen LogP contribution in [0.2, 0.25) is 0 Å². The maximum atomic E-state index is 12.9. The maximum Gasteiger partial charge on any atom is 0.259 e. The van der Waals surface area contributed by atoms with Gasteiger partial charge in [-0.1, -0.05) is 6.42 Å². The first-order valence-corrected chi connectivity index (χ1v) is 9.62. The van der Waals surface area contributed by atoms with Gasteiger partial charge in [0.1, 0.15) is 6.54 Å². The van der Waals surface area contributed by atoms with Crippen molar-refractivity contribution in [1.82, 2.24) is 9.47 Å². The van der Waals surface area contributed by atoms with Crippen LogP contribution in [0.1, 0.15) is 25.7 Å². The van der Waals surface area contributed by atoms with Crippen molar-refractivity contribution in [2.45, 2.75) is 32.2 Å². The average Bonchev–Trinajstić information content (AvgIpc) is 2.68. The zero-order chi connectivity index (χ0) is 19.0. The molecule has 1 saturated heterocycles. The number of amides is 1. The number of aromatic nitrogens is 1. The van der Waals surface area contributed by atoms with E-state index in [0.29, 0.717) is 34.1 Å². The van der Waals surface area contributed by atoms with Crippen LogP contribution in [0.15, 0.2) is 29.2 Å². The predicted octanol–water partition coefficient (Wildman–Crippen LogP) is 2.67. The number of likely N-dealkylation sites (tertiary alicyclic amines) is 1. The summed E-state index contributed by atoms with van der Waals surface area (Å²) in [6.07, 6.45) is 6.65. The van der Waals surface area contributed by atoms with Gasteiger partial charge in [-0.2, -0.15) is 0 Å². The highest BCUT2D eigenvalue weighted by Crippen LogP contribution is 2.35. The Bertz CT molecular complexity index is 908. The number of hydrogen-bond acceptors (Lipinski definition) is 4. The number of hydrogen-bond donors (Lipinski definition) is 0. The van der Waals surface area contributed by atoms with Crippen LogP contribution in [0, 0.1) is 11.8 Å². The third kappa shape index (κ3) is 3.29. The van der Waals surface area contributed by atoms with Gasteiger partial charge in [-0.05, 0) is 49.3 Å². The molecule has 144 valence electrons. The lowest BCUT2D eigenvalue weighted by Crippen LogP contribution is -2.47. The number of carbonyl (C=O) groups is 1. The highest BCUT2D eigenvalue weighted by molar-refractivity contribution is 5.90. The Morgan fingerprint density at radius 3 is 2.48 bits per heavy atom. The number of pyridine rings is 1. The molecule has 2 aliphatic rings. The number of methoxy groups -OCH3 is 2. The maximum absolute atomic E-state index is 12.9. The number of nitrogens with zero attached hydrogens (tertiary/aromatic N) is 2. The lowest BCUT2D eigenvalue weighted by Gasteiger charge is -2.41. The molecule has 0 N–H and O–H groups in total. The van der Waals surface area contributed by atoms with Crippen LogP contribution in [-0.2, 0) is 11.3 Å². The summed E-state index contributed by atoms with van der Waals surface area (Å²) in [5, 5.41) is 1.22. The largest absolute Gasteiger partial charge is 0.493 e. The third-order valence-corrected chi connectivity index (χ3v) is 6.00. The first-order valence-electron chi connectivity index (χ1n) is 9.62. The highest BCUT2D eigenvalue weighted by atomic mass is 16.5. The van der Waals surface area contributed by atoms with Gasteiger partial charge in [0.25, 0.3) is 5.56 Å². The monoisotopic (exact) mass is 370 g/mol. The quantitative estimate of drug-likeness (QED) is 0.830. The molecule has 2 fully saturated rings. The van der Waals surface area contributed by atoms with Crippen LogP contribution in [0.3, 0.4) is 0 Å². The average molecular weight is 370 g/mol. The fourth-order valence-electron chi connectivity index (χ4n) is 4.70. The zero-order valence-corrected chi connectivity index (χ0v) is 15.9. The smallest absolute Gasteiger partial charge is 0.259 e. The Morgan fingerprint density at radius 1 is 1.07 bits per heavy atom. The molecule has 6 heteroatoms. The fraction of sp³-hybridized carbons (Fsp3) is 0.524. The van der Waals surface area contributed by atoms with E-state index in [2.05, 4.69) is 0 Å². The first kappa shape index (κ1) is 17.9. The van der Waals surface area contributed by atoms with E-state index in [1.54, 1.807) is 32.5 Å². The molecule has 2 heterocycles. The summed E-state index contributed by atoms with van der Waals surface area (Å²) in [6.45, 7) is 1.76. The lowest BCUT2D eigenvalue weighted by molar-refractivity contribution is -0.135. The van der Waals surface area contributed by atoms with Crippen molar-refractivity contribution in [1.29, 1.82) is 0 Å². The summed E-state index contributed by atoms with van der Waals surface area (Å²) < 4.78 is 12.2. The normalized spacial score (nSPS) is 21.9. The summed E-state index contributed by atoms with van der Waals surface area (Å²) in [5.41, 5.74) is -0.181. The molecule has 0 radical (unpaired) electrons. The number of fused-ring (bicyclic) bond motifs is 3. The zero-order valence-electron chi connectivity index (χ0n) is 15.9. The molecule has 0 spiro atoms. The van der Waals surface area contributed by atoms with Crippen LogP contribution >= 0.6 is 0 Å². The van der Waals surface area contributed by atoms with Gasteiger partial charge in [-0.15, -0.1) is 0 Å². The van der Waals surface area contributed by atoms with Crippen molar-refractivity contribution in [3.8, 4) is 11.5 Å². The van der Waals surface area contributed by atoms with E-state index in [1.807, 2.05) is 11.0 Å². The molecule has 2 unspecified atom stereocenters. The van der Waals surface area contributed by atoms with Gasteiger partial charge >= 0.3 is 0 Å². The highest BCUT2D eigenvalue weighted by Gasteiger charge is 2.32. The molecular formula is C21H26N2O4. The summed E-state index contributed by atoms with van der Waals surface area (Å²) in [7, 11) is 3.12. The fourth-order valence-corrected chi connectivity index (χ4v) is 4.70. The molecule has 1 saturated carbocycles. The van der Waals surface area contributed by atoms with E-state index < -0.39 is 0 Å². The Morgan fingerprint density at radius 2 is 1.81 bits per heavy atom. The van der Waals surface area contributed by atoms with Gasteiger partial charge in [0, 0.05) is 24.7 Å². The molecule has 1 aromatic heterocycles. The second kappa shape index (κ2) is 7.25. The van der Waals surface area contributed by atoms with Gasteiger partial charge < -0.3 is 18.9 Å². The lowest BCUT2D eigenvalue weighted by atomic mass is 9.78. The topological polar surface area (TPSA) is 60.8 Å². The van der Waals surface area contributed by atoms with Crippen molar-refractivity contribution in [2.75, 3.05) is 27.3 Å². The SMILES string of the molecule is COc1ccc2c(=O)n(CC(=O)N3CC4CCCC(C4)C3)ccc2c1OC. The Labute approximate surface area is 158 Å². The predicted molar refractivity (Wildman–Crippen MR) is 103 cm³/mol.